The molecule has 3 rings (SSSR count). The van der Waals surface area contributed by atoms with E-state index in [0.29, 0.717) is 5.71 Å². The molecular formula is C19H18N4O5. The molecule has 2 aromatic carbocycles. The molecule has 0 bridgehead atoms. The molecule has 0 fully saturated rings. The maximum absolute atomic E-state index is 12.2. The predicted molar refractivity (Wildman–Crippen MR) is 102 cm³/mol. The number of benzene rings is 2. The fourth-order valence-electron chi connectivity index (χ4n) is 3.40. The molecule has 2 aromatic rings. The molecule has 1 unspecified atom stereocenters. The van der Waals surface area contributed by atoms with Gasteiger partial charge in [-0.3, -0.25) is 35.3 Å². The van der Waals surface area contributed by atoms with Crippen LogP contribution in [0, 0.1) is 26.1 Å². The number of nitrogens with zero attached hydrogens (tertiary/aromatic N) is 3. The third-order valence-electron chi connectivity index (χ3n) is 4.77. The molecule has 1 N–H and O–H groups in total. The van der Waals surface area contributed by atoms with Crippen LogP contribution in [0.25, 0.3) is 0 Å². The number of nitro benzene ring substituents is 2. The summed E-state index contributed by atoms with van der Waals surface area (Å²) in [7, 11) is 0. The van der Waals surface area contributed by atoms with E-state index in [0.717, 1.165) is 11.1 Å². The lowest BCUT2D eigenvalue weighted by molar-refractivity contribution is -0.385. The van der Waals surface area contributed by atoms with Crippen molar-refractivity contribution in [2.24, 2.45) is 10.9 Å². The minimum atomic E-state index is -0.504. The lowest BCUT2D eigenvalue weighted by Crippen LogP contribution is -2.42. The first-order valence-corrected chi connectivity index (χ1v) is 8.57. The second-order valence-corrected chi connectivity index (χ2v) is 6.60. The highest BCUT2D eigenvalue weighted by Crippen LogP contribution is 2.34. The first-order valence-electron chi connectivity index (χ1n) is 8.57. The summed E-state index contributed by atoms with van der Waals surface area (Å²) in [5.41, 5.74) is 2.04. The van der Waals surface area contributed by atoms with Crippen molar-refractivity contribution in [3.05, 3.63) is 79.9 Å². The topological polar surface area (TPSA) is 128 Å². The molecule has 3 atom stereocenters. The van der Waals surface area contributed by atoms with Crippen molar-refractivity contribution in [2.75, 3.05) is 0 Å². The zero-order chi connectivity index (χ0) is 20.4. The van der Waals surface area contributed by atoms with Crippen LogP contribution < -0.4 is 5.32 Å². The van der Waals surface area contributed by atoms with E-state index in [9.17, 15) is 25.0 Å². The molecule has 0 saturated heterocycles. The van der Waals surface area contributed by atoms with Gasteiger partial charge in [0.05, 0.1) is 15.8 Å². The monoisotopic (exact) mass is 382 g/mol. The first-order chi connectivity index (χ1) is 13.3. The number of nitro groups is 2. The Labute approximate surface area is 160 Å². The van der Waals surface area contributed by atoms with Crippen LogP contribution in [0.3, 0.4) is 0 Å². The second kappa shape index (κ2) is 7.65. The highest BCUT2D eigenvalue weighted by molar-refractivity contribution is 6.04. The van der Waals surface area contributed by atoms with Crippen LogP contribution in [0.5, 0.6) is 0 Å². The largest absolute Gasteiger partial charge is 0.299 e. The number of non-ortho nitro benzene ring substituents is 2. The molecule has 1 heterocycles. The Morgan fingerprint density at radius 2 is 1.39 bits per heavy atom. The molecule has 0 spiro atoms. The van der Waals surface area contributed by atoms with Gasteiger partial charge in [0.15, 0.2) is 0 Å². The Kier molecular flexibility index (Phi) is 5.27. The fraction of sp³-hybridized carbons (Fsp3) is 0.263. The molecule has 144 valence electrons. The molecule has 0 aliphatic carbocycles. The van der Waals surface area contributed by atoms with Gasteiger partial charge < -0.3 is 0 Å². The number of hydrogen-bond donors (Lipinski definition) is 1. The lowest BCUT2D eigenvalue weighted by atomic mass is 9.84. The molecule has 28 heavy (non-hydrogen) atoms. The highest BCUT2D eigenvalue weighted by atomic mass is 16.6. The summed E-state index contributed by atoms with van der Waals surface area (Å²) in [6, 6.07) is 11.7. The standard InChI is InChI=1S/C19H18N4O5/c1-11-17(12(2)24)18(13-3-7-15(8-4-13)22(25)26)21-19(20-11)14-5-9-16(10-6-14)23(27)28/h3-10,17-19,21H,1-2H3/t17?,18-,19-/m0/s1. The number of hydrogen-bond acceptors (Lipinski definition) is 7. The van der Waals surface area contributed by atoms with Crippen LogP contribution in [-0.4, -0.2) is 21.3 Å². The van der Waals surface area contributed by atoms with Gasteiger partial charge in [-0.2, -0.15) is 0 Å². The van der Waals surface area contributed by atoms with Crippen molar-refractivity contribution in [1.82, 2.24) is 5.32 Å². The summed E-state index contributed by atoms with van der Waals surface area (Å²) in [4.78, 5) is 37.6. The van der Waals surface area contributed by atoms with Gasteiger partial charge in [0.25, 0.3) is 11.4 Å². The van der Waals surface area contributed by atoms with Crippen molar-refractivity contribution < 1.29 is 14.6 Å². The molecule has 9 heteroatoms. The van der Waals surface area contributed by atoms with E-state index in [1.807, 2.05) is 0 Å². The summed E-state index contributed by atoms with van der Waals surface area (Å²) < 4.78 is 0. The van der Waals surface area contributed by atoms with Crippen molar-refractivity contribution in [3.8, 4) is 0 Å². The van der Waals surface area contributed by atoms with Gasteiger partial charge in [0.2, 0.25) is 0 Å². The zero-order valence-corrected chi connectivity index (χ0v) is 15.2. The summed E-state index contributed by atoms with van der Waals surface area (Å²) >= 11 is 0. The van der Waals surface area contributed by atoms with Crippen LogP contribution in [0.1, 0.15) is 37.2 Å². The van der Waals surface area contributed by atoms with Crippen molar-refractivity contribution in [1.29, 1.82) is 0 Å². The third kappa shape index (κ3) is 3.79. The first kappa shape index (κ1) is 19.3. The molecule has 0 aromatic heterocycles. The Balaban J connectivity index is 1.96. The number of rotatable bonds is 5. The van der Waals surface area contributed by atoms with Gasteiger partial charge in [0.1, 0.15) is 11.9 Å². The Hall–Kier alpha value is -3.46. The molecule has 9 nitrogen and oxygen atoms in total. The van der Waals surface area contributed by atoms with Gasteiger partial charge in [-0.05, 0) is 37.1 Å². The van der Waals surface area contributed by atoms with Gasteiger partial charge in [0, 0.05) is 36.0 Å². The quantitative estimate of drug-likeness (QED) is 0.622. The normalized spacial score (nSPS) is 21.6. The van der Waals surface area contributed by atoms with Crippen molar-refractivity contribution in [3.63, 3.8) is 0 Å². The summed E-state index contributed by atoms with van der Waals surface area (Å²) in [5, 5.41) is 25.0. The summed E-state index contributed by atoms with van der Waals surface area (Å²) in [6.07, 6.45) is -0.489. The Bertz CT molecular complexity index is 953. The number of carbonyl (C=O) groups is 1. The lowest BCUT2D eigenvalue weighted by Gasteiger charge is -2.35. The van der Waals surface area contributed by atoms with Crippen LogP contribution >= 0.6 is 0 Å². The smallest absolute Gasteiger partial charge is 0.269 e. The average Bonchev–Trinajstić information content (AvgIpc) is 2.67. The number of nitrogens with one attached hydrogen (secondary N) is 1. The number of Topliss-reactive ketones (excluding diaryl/α,β-unsaturated/α-hetero) is 1. The van der Waals surface area contributed by atoms with E-state index in [2.05, 4.69) is 10.3 Å². The molecular weight excluding hydrogens is 364 g/mol. The average molecular weight is 382 g/mol. The molecule has 1 aliphatic rings. The summed E-state index contributed by atoms with van der Waals surface area (Å²) in [5.74, 6) is -0.574. The Morgan fingerprint density at radius 3 is 1.82 bits per heavy atom. The van der Waals surface area contributed by atoms with E-state index in [-0.39, 0.29) is 17.2 Å². The minimum Gasteiger partial charge on any atom is -0.299 e. The minimum absolute atomic E-state index is 0.0196. The SMILES string of the molecule is CC(=O)C1C(C)=N[C@H](c2ccc([N+](=O)[O-])cc2)N[C@H]1c1ccc([N+](=O)[O-])cc1. The van der Waals surface area contributed by atoms with Gasteiger partial charge in [-0.25, -0.2) is 0 Å². The molecule has 0 amide bonds. The molecule has 0 radical (unpaired) electrons. The molecule has 0 saturated carbocycles. The third-order valence-corrected chi connectivity index (χ3v) is 4.77. The number of carbonyl (C=O) groups excluding carboxylic acids is 1. The van der Waals surface area contributed by atoms with E-state index in [4.69, 9.17) is 0 Å². The number of ketones is 1. The second-order valence-electron chi connectivity index (χ2n) is 6.60. The van der Waals surface area contributed by atoms with E-state index in [1.54, 1.807) is 31.2 Å². The van der Waals surface area contributed by atoms with Crippen molar-refractivity contribution in [2.45, 2.75) is 26.1 Å². The zero-order valence-electron chi connectivity index (χ0n) is 15.2. The fourth-order valence-corrected chi connectivity index (χ4v) is 3.40. The van der Waals surface area contributed by atoms with Crippen LogP contribution in [0.2, 0.25) is 0 Å². The predicted octanol–water partition coefficient (Wildman–Crippen LogP) is 3.51. The van der Waals surface area contributed by atoms with Crippen LogP contribution in [0.4, 0.5) is 11.4 Å². The van der Waals surface area contributed by atoms with E-state index < -0.39 is 28.0 Å². The van der Waals surface area contributed by atoms with Gasteiger partial charge in [-0.15, -0.1) is 0 Å². The van der Waals surface area contributed by atoms with Gasteiger partial charge in [-0.1, -0.05) is 12.1 Å². The van der Waals surface area contributed by atoms with Crippen molar-refractivity contribution >= 4 is 22.9 Å². The Morgan fingerprint density at radius 1 is 0.929 bits per heavy atom. The van der Waals surface area contributed by atoms with E-state index in [1.165, 1.54) is 31.2 Å². The highest BCUT2D eigenvalue weighted by Gasteiger charge is 2.35. The van der Waals surface area contributed by atoms with Gasteiger partial charge >= 0.3 is 0 Å². The van der Waals surface area contributed by atoms with Crippen LogP contribution in [0.15, 0.2) is 53.5 Å². The maximum Gasteiger partial charge on any atom is 0.269 e. The number of aliphatic imine (C=N–C) groups is 1. The summed E-state index contributed by atoms with van der Waals surface area (Å²) in [6.45, 7) is 3.25. The van der Waals surface area contributed by atoms with Crippen LogP contribution in [-0.2, 0) is 4.79 Å². The molecule has 1 aliphatic heterocycles. The van der Waals surface area contributed by atoms with E-state index >= 15 is 0 Å². The maximum atomic E-state index is 12.2.